The van der Waals surface area contributed by atoms with E-state index < -0.39 is 10.0 Å². The zero-order valence-corrected chi connectivity index (χ0v) is 14.7. The minimum Gasteiger partial charge on any atom is -0.496 e. The number of rotatable bonds is 6. The van der Waals surface area contributed by atoms with E-state index in [4.69, 9.17) is 14.2 Å². The average Bonchev–Trinajstić information content (AvgIpc) is 2.81. The van der Waals surface area contributed by atoms with Crippen LogP contribution in [0.3, 0.4) is 0 Å². The summed E-state index contributed by atoms with van der Waals surface area (Å²) in [6.45, 7) is 0. The van der Waals surface area contributed by atoms with Crippen LogP contribution in [-0.2, 0) is 10.0 Å². The molecular weight excluding hydrogens is 318 g/mol. The van der Waals surface area contributed by atoms with E-state index >= 15 is 0 Å². The van der Waals surface area contributed by atoms with Gasteiger partial charge >= 0.3 is 0 Å². The van der Waals surface area contributed by atoms with Gasteiger partial charge in [0.1, 0.15) is 17.2 Å². The van der Waals surface area contributed by atoms with Crippen molar-refractivity contribution in [2.24, 2.45) is 0 Å². The minimum atomic E-state index is -3.74. The van der Waals surface area contributed by atoms with Crippen LogP contribution < -0.4 is 18.9 Å². The van der Waals surface area contributed by atoms with Crippen LogP contribution in [0.2, 0.25) is 0 Å². The van der Waals surface area contributed by atoms with Crippen molar-refractivity contribution in [1.29, 1.82) is 0 Å². The van der Waals surface area contributed by atoms with E-state index in [1.807, 2.05) is 0 Å². The van der Waals surface area contributed by atoms with Gasteiger partial charge in [0.2, 0.25) is 10.0 Å². The Hall–Kier alpha value is -1.47. The summed E-state index contributed by atoms with van der Waals surface area (Å²) < 4.78 is 44.2. The average molecular weight is 343 g/mol. The number of methoxy groups -OCH3 is 3. The molecule has 6 nitrogen and oxygen atoms in total. The predicted octanol–water partition coefficient (Wildman–Crippen LogP) is 2.71. The maximum atomic E-state index is 12.9. The number of sulfonamides is 1. The third-order valence-electron chi connectivity index (χ3n) is 4.12. The molecule has 7 heteroatoms. The van der Waals surface area contributed by atoms with E-state index in [0.717, 1.165) is 38.5 Å². The molecule has 0 unspecified atom stereocenters. The van der Waals surface area contributed by atoms with Gasteiger partial charge in [0.05, 0.1) is 21.3 Å². The van der Waals surface area contributed by atoms with Crippen molar-refractivity contribution in [3.8, 4) is 17.2 Å². The van der Waals surface area contributed by atoms with Crippen LogP contribution in [0.4, 0.5) is 0 Å². The van der Waals surface area contributed by atoms with Gasteiger partial charge in [-0.1, -0.05) is 25.7 Å². The van der Waals surface area contributed by atoms with Crippen LogP contribution >= 0.6 is 0 Å². The topological polar surface area (TPSA) is 73.9 Å². The number of ether oxygens (including phenoxy) is 3. The second-order valence-corrected chi connectivity index (χ2v) is 7.32. The highest BCUT2D eigenvalue weighted by molar-refractivity contribution is 7.89. The lowest BCUT2D eigenvalue weighted by atomic mass is 10.1. The molecule has 0 bridgehead atoms. The molecule has 1 aromatic rings. The summed E-state index contributed by atoms with van der Waals surface area (Å²) in [5, 5.41) is 0. The second-order valence-electron chi connectivity index (χ2n) is 5.67. The number of nitrogens with one attached hydrogen (secondary N) is 1. The normalized spacial score (nSPS) is 16.7. The van der Waals surface area contributed by atoms with Gasteiger partial charge in [-0.3, -0.25) is 0 Å². The van der Waals surface area contributed by atoms with E-state index in [2.05, 4.69) is 4.72 Å². The third-order valence-corrected chi connectivity index (χ3v) is 5.70. The fourth-order valence-electron chi connectivity index (χ4n) is 2.91. The van der Waals surface area contributed by atoms with E-state index in [1.165, 1.54) is 21.3 Å². The summed E-state index contributed by atoms with van der Waals surface area (Å²) in [4.78, 5) is 0.0209. The molecule has 0 atom stereocenters. The molecule has 0 radical (unpaired) electrons. The first-order valence-electron chi connectivity index (χ1n) is 7.84. The van der Waals surface area contributed by atoms with Gasteiger partial charge in [-0.2, -0.15) is 0 Å². The molecule has 0 aromatic heterocycles. The highest BCUT2D eigenvalue weighted by Crippen LogP contribution is 2.37. The molecule has 1 aliphatic rings. The summed E-state index contributed by atoms with van der Waals surface area (Å²) in [5.41, 5.74) is 0. The maximum absolute atomic E-state index is 12.9. The second kappa shape index (κ2) is 7.88. The molecule has 2 rings (SSSR count). The fraction of sp³-hybridized carbons (Fsp3) is 0.625. The Balaban J connectivity index is 2.37. The molecule has 1 fully saturated rings. The molecule has 1 aliphatic carbocycles. The number of benzene rings is 1. The van der Waals surface area contributed by atoms with Gasteiger partial charge in [0.15, 0.2) is 4.90 Å². The van der Waals surface area contributed by atoms with E-state index in [-0.39, 0.29) is 22.4 Å². The van der Waals surface area contributed by atoms with Crippen molar-refractivity contribution < 1.29 is 22.6 Å². The third kappa shape index (κ3) is 4.29. The summed E-state index contributed by atoms with van der Waals surface area (Å²) in [6, 6.07) is 3.05. The van der Waals surface area contributed by atoms with Crippen LogP contribution in [0.25, 0.3) is 0 Å². The Bertz CT molecular complexity index is 596. The van der Waals surface area contributed by atoms with Crippen LogP contribution in [0.15, 0.2) is 17.0 Å². The Morgan fingerprint density at radius 1 is 0.913 bits per heavy atom. The largest absolute Gasteiger partial charge is 0.496 e. The van der Waals surface area contributed by atoms with Crippen molar-refractivity contribution in [2.45, 2.75) is 49.5 Å². The van der Waals surface area contributed by atoms with Gasteiger partial charge in [0.25, 0.3) is 0 Å². The summed E-state index contributed by atoms with van der Waals surface area (Å²) in [6.07, 6.45) is 6.13. The van der Waals surface area contributed by atoms with Crippen molar-refractivity contribution in [1.82, 2.24) is 4.72 Å². The Labute approximate surface area is 138 Å². The van der Waals surface area contributed by atoms with Gasteiger partial charge in [-0.15, -0.1) is 0 Å². The van der Waals surface area contributed by atoms with E-state index in [1.54, 1.807) is 12.1 Å². The highest BCUT2D eigenvalue weighted by Gasteiger charge is 2.29. The highest BCUT2D eigenvalue weighted by atomic mass is 32.2. The lowest BCUT2D eigenvalue weighted by Gasteiger charge is -2.20. The predicted molar refractivity (Wildman–Crippen MR) is 87.9 cm³/mol. The molecule has 0 heterocycles. The first kappa shape index (κ1) is 17.9. The van der Waals surface area contributed by atoms with Crippen molar-refractivity contribution in [2.75, 3.05) is 21.3 Å². The number of hydrogen-bond donors (Lipinski definition) is 1. The SMILES string of the molecule is COc1cc(OC)c(S(=O)(=O)NC2CCCCCC2)c(OC)c1. The van der Waals surface area contributed by atoms with Crippen LogP contribution in [0.5, 0.6) is 17.2 Å². The summed E-state index contributed by atoms with van der Waals surface area (Å²) in [7, 11) is 0.623. The lowest BCUT2D eigenvalue weighted by Crippen LogP contribution is -2.34. The molecule has 130 valence electrons. The molecule has 23 heavy (non-hydrogen) atoms. The van der Waals surface area contributed by atoms with Crippen LogP contribution in [0, 0.1) is 0 Å². The maximum Gasteiger partial charge on any atom is 0.248 e. The number of hydrogen-bond acceptors (Lipinski definition) is 5. The Morgan fingerprint density at radius 2 is 1.43 bits per heavy atom. The lowest BCUT2D eigenvalue weighted by molar-refractivity contribution is 0.358. The molecule has 0 spiro atoms. The van der Waals surface area contributed by atoms with Crippen molar-refractivity contribution in [3.05, 3.63) is 12.1 Å². The monoisotopic (exact) mass is 343 g/mol. The first-order chi connectivity index (χ1) is 11.0. The van der Waals surface area contributed by atoms with Crippen LogP contribution in [-0.4, -0.2) is 35.8 Å². The van der Waals surface area contributed by atoms with Gasteiger partial charge < -0.3 is 14.2 Å². The van der Waals surface area contributed by atoms with E-state index in [9.17, 15) is 8.42 Å². The zero-order chi connectivity index (χ0) is 16.9. The zero-order valence-electron chi connectivity index (χ0n) is 13.9. The molecule has 1 aromatic carbocycles. The van der Waals surface area contributed by atoms with Crippen molar-refractivity contribution >= 4 is 10.0 Å². The first-order valence-corrected chi connectivity index (χ1v) is 9.32. The molecule has 1 N–H and O–H groups in total. The molecule has 1 saturated carbocycles. The minimum absolute atomic E-state index is 0.0209. The van der Waals surface area contributed by atoms with Gasteiger partial charge in [-0.25, -0.2) is 13.1 Å². The quantitative estimate of drug-likeness (QED) is 0.804. The van der Waals surface area contributed by atoms with E-state index in [0.29, 0.717) is 5.75 Å². The fourth-order valence-corrected chi connectivity index (χ4v) is 4.52. The van der Waals surface area contributed by atoms with Gasteiger partial charge in [-0.05, 0) is 12.8 Å². The Kier molecular flexibility index (Phi) is 6.12. The molecule has 0 amide bonds. The smallest absolute Gasteiger partial charge is 0.248 e. The van der Waals surface area contributed by atoms with Gasteiger partial charge in [0, 0.05) is 18.2 Å². The summed E-state index contributed by atoms with van der Waals surface area (Å²) in [5.74, 6) is 0.900. The van der Waals surface area contributed by atoms with Crippen LogP contribution in [0.1, 0.15) is 38.5 Å². The summed E-state index contributed by atoms with van der Waals surface area (Å²) >= 11 is 0. The molecule has 0 aliphatic heterocycles. The Morgan fingerprint density at radius 3 is 1.87 bits per heavy atom. The standard InChI is InChI=1S/C16H25NO5S/c1-20-13-10-14(21-2)16(15(11-13)22-3)23(18,19)17-12-8-6-4-5-7-9-12/h10-12,17H,4-9H2,1-3H3. The molecule has 0 saturated heterocycles. The molecular formula is C16H25NO5S. The van der Waals surface area contributed by atoms with Crippen molar-refractivity contribution in [3.63, 3.8) is 0 Å².